The minimum Gasteiger partial charge on any atom is -0.454 e. The number of carbonyl (C=O) groups is 1. The second kappa shape index (κ2) is 5.92. The summed E-state index contributed by atoms with van der Waals surface area (Å²) in [4.78, 5) is 16.4. The monoisotopic (exact) mass is 315 g/mol. The lowest BCUT2D eigenvalue weighted by Gasteiger charge is -2.05. The Kier molecular flexibility index (Phi) is 3.63. The van der Waals surface area contributed by atoms with E-state index in [9.17, 15) is 4.79 Å². The molecule has 23 heavy (non-hydrogen) atoms. The van der Waals surface area contributed by atoms with Gasteiger partial charge in [-0.25, -0.2) is 4.98 Å². The van der Waals surface area contributed by atoms with Crippen LogP contribution in [0.25, 0.3) is 0 Å². The van der Waals surface area contributed by atoms with E-state index in [-0.39, 0.29) is 18.7 Å². The first-order chi connectivity index (χ1) is 11.3. The molecule has 2 aromatic rings. The molecule has 4 rings (SSSR count). The Labute approximate surface area is 133 Å². The molecular formula is C16H17N3O4. The molecule has 1 aromatic carbocycles. The van der Waals surface area contributed by atoms with E-state index in [2.05, 4.69) is 15.6 Å². The molecular weight excluding hydrogens is 298 g/mol. The minimum atomic E-state index is -0.254. The summed E-state index contributed by atoms with van der Waals surface area (Å²) >= 11 is 0. The quantitative estimate of drug-likeness (QED) is 0.894. The van der Waals surface area contributed by atoms with Crippen molar-refractivity contribution in [3.63, 3.8) is 0 Å². The maximum absolute atomic E-state index is 12.2. The summed E-state index contributed by atoms with van der Waals surface area (Å²) in [6, 6.07) is 5.71. The van der Waals surface area contributed by atoms with E-state index >= 15 is 0 Å². The predicted octanol–water partition coefficient (Wildman–Crippen LogP) is 1.76. The van der Waals surface area contributed by atoms with Gasteiger partial charge in [0.15, 0.2) is 17.2 Å². The highest BCUT2D eigenvalue weighted by molar-refractivity contribution is 5.91. The highest BCUT2D eigenvalue weighted by Crippen LogP contribution is 2.32. The molecule has 1 amide bonds. The average molecular weight is 315 g/mol. The van der Waals surface area contributed by atoms with E-state index < -0.39 is 0 Å². The van der Waals surface area contributed by atoms with Crippen LogP contribution in [0.4, 0.5) is 0 Å². The number of benzene rings is 1. The molecule has 2 aliphatic rings. The Morgan fingerprint density at radius 2 is 2.26 bits per heavy atom. The molecule has 0 saturated carbocycles. The molecule has 2 aliphatic heterocycles. The van der Waals surface area contributed by atoms with E-state index in [1.807, 2.05) is 18.2 Å². The number of oxazole rings is 1. The van der Waals surface area contributed by atoms with Crippen molar-refractivity contribution in [3.05, 3.63) is 41.6 Å². The van der Waals surface area contributed by atoms with Crippen LogP contribution in [-0.4, -0.2) is 24.2 Å². The van der Waals surface area contributed by atoms with Crippen molar-refractivity contribution < 1.29 is 18.7 Å². The van der Waals surface area contributed by atoms with Gasteiger partial charge in [-0.05, 0) is 37.1 Å². The van der Waals surface area contributed by atoms with Crippen molar-refractivity contribution in [1.82, 2.24) is 15.6 Å². The molecule has 0 radical (unpaired) electrons. The van der Waals surface area contributed by atoms with Crippen LogP contribution in [0.15, 0.2) is 28.9 Å². The lowest BCUT2D eigenvalue weighted by atomic mass is 10.2. The van der Waals surface area contributed by atoms with Crippen molar-refractivity contribution in [2.45, 2.75) is 25.4 Å². The topological polar surface area (TPSA) is 85.6 Å². The smallest absolute Gasteiger partial charge is 0.273 e. The van der Waals surface area contributed by atoms with Gasteiger partial charge >= 0.3 is 0 Å². The predicted molar refractivity (Wildman–Crippen MR) is 80.2 cm³/mol. The van der Waals surface area contributed by atoms with Crippen LogP contribution < -0.4 is 20.1 Å². The largest absolute Gasteiger partial charge is 0.454 e. The van der Waals surface area contributed by atoms with Gasteiger partial charge in [0.25, 0.3) is 5.91 Å². The zero-order valence-corrected chi connectivity index (χ0v) is 12.5. The number of rotatable bonds is 4. The maximum atomic E-state index is 12.2. The molecule has 7 nitrogen and oxygen atoms in total. The summed E-state index contributed by atoms with van der Waals surface area (Å²) in [6.45, 7) is 1.58. The number of ether oxygens (including phenoxy) is 2. The third-order valence-corrected chi connectivity index (χ3v) is 4.00. The van der Waals surface area contributed by atoms with Crippen molar-refractivity contribution >= 4 is 5.91 Å². The number of amides is 1. The molecule has 0 spiro atoms. The first-order valence-electron chi connectivity index (χ1n) is 7.65. The number of carbonyl (C=O) groups excluding carboxylic acids is 1. The number of nitrogens with zero attached hydrogens (tertiary/aromatic N) is 1. The van der Waals surface area contributed by atoms with Gasteiger partial charge in [0.1, 0.15) is 6.26 Å². The summed E-state index contributed by atoms with van der Waals surface area (Å²) in [6.07, 6.45) is 3.49. The van der Waals surface area contributed by atoms with E-state index in [1.165, 1.54) is 6.26 Å². The highest BCUT2D eigenvalue weighted by atomic mass is 16.7. The fourth-order valence-electron chi connectivity index (χ4n) is 2.77. The highest BCUT2D eigenvalue weighted by Gasteiger charge is 2.22. The molecule has 3 heterocycles. The molecule has 1 atom stereocenters. The number of fused-ring (bicyclic) bond motifs is 1. The Morgan fingerprint density at radius 1 is 1.35 bits per heavy atom. The summed E-state index contributed by atoms with van der Waals surface area (Å²) in [5, 5.41) is 6.13. The minimum absolute atomic E-state index is 0.116. The van der Waals surface area contributed by atoms with Gasteiger partial charge in [0.05, 0.1) is 6.04 Å². The molecule has 1 unspecified atom stereocenters. The molecule has 1 fully saturated rings. The standard InChI is InChI=1S/C16H17N3O4/c20-15(12-8-21-16(19-12)11-2-1-5-17-11)18-7-10-3-4-13-14(6-10)23-9-22-13/h3-4,6,8,11,17H,1-2,5,7,9H2,(H,18,20). The molecule has 1 aromatic heterocycles. The van der Waals surface area contributed by atoms with E-state index in [0.717, 1.165) is 30.7 Å². The van der Waals surface area contributed by atoms with Gasteiger partial charge in [0.2, 0.25) is 12.7 Å². The van der Waals surface area contributed by atoms with Crippen LogP contribution in [-0.2, 0) is 6.54 Å². The van der Waals surface area contributed by atoms with Crippen LogP contribution in [0, 0.1) is 0 Å². The fraction of sp³-hybridized carbons (Fsp3) is 0.375. The first kappa shape index (κ1) is 14.1. The normalized spacial score (nSPS) is 19.0. The lowest BCUT2D eigenvalue weighted by Crippen LogP contribution is -2.23. The number of aromatic nitrogens is 1. The zero-order chi connectivity index (χ0) is 15.6. The van der Waals surface area contributed by atoms with Gasteiger partial charge < -0.3 is 24.5 Å². The first-order valence-corrected chi connectivity index (χ1v) is 7.65. The van der Waals surface area contributed by atoms with Gasteiger partial charge in [-0.2, -0.15) is 0 Å². The molecule has 7 heteroatoms. The molecule has 0 bridgehead atoms. The lowest BCUT2D eigenvalue weighted by molar-refractivity contribution is 0.0945. The number of hydrogen-bond donors (Lipinski definition) is 2. The van der Waals surface area contributed by atoms with Crippen LogP contribution >= 0.6 is 0 Å². The summed E-state index contributed by atoms with van der Waals surface area (Å²) < 4.78 is 16.0. The molecule has 2 N–H and O–H groups in total. The number of nitrogens with one attached hydrogen (secondary N) is 2. The van der Waals surface area contributed by atoms with Crippen LogP contribution in [0.3, 0.4) is 0 Å². The van der Waals surface area contributed by atoms with Gasteiger partial charge in [-0.3, -0.25) is 4.79 Å². The summed E-state index contributed by atoms with van der Waals surface area (Å²) in [5.74, 6) is 1.75. The Hall–Kier alpha value is -2.54. The molecule has 1 saturated heterocycles. The maximum Gasteiger partial charge on any atom is 0.273 e. The van der Waals surface area contributed by atoms with Gasteiger partial charge in [-0.15, -0.1) is 0 Å². The SMILES string of the molecule is O=C(NCc1ccc2c(c1)OCO2)c1coc(C2CCCN2)n1. The summed E-state index contributed by atoms with van der Waals surface area (Å²) in [7, 11) is 0. The van der Waals surface area contributed by atoms with Crippen molar-refractivity contribution in [3.8, 4) is 11.5 Å². The fourth-order valence-corrected chi connectivity index (χ4v) is 2.77. The van der Waals surface area contributed by atoms with Gasteiger partial charge in [0, 0.05) is 6.54 Å². The van der Waals surface area contributed by atoms with Crippen molar-refractivity contribution in [2.24, 2.45) is 0 Å². The van der Waals surface area contributed by atoms with Crippen LogP contribution in [0.1, 0.15) is 40.8 Å². The molecule has 120 valence electrons. The van der Waals surface area contributed by atoms with Crippen LogP contribution in [0.2, 0.25) is 0 Å². The third-order valence-electron chi connectivity index (χ3n) is 4.00. The Balaban J connectivity index is 1.38. The second-order valence-electron chi connectivity index (χ2n) is 5.59. The Bertz CT molecular complexity index is 722. The summed E-state index contributed by atoms with van der Waals surface area (Å²) in [5.41, 5.74) is 1.23. The Morgan fingerprint density at radius 3 is 3.13 bits per heavy atom. The van der Waals surface area contributed by atoms with E-state index in [1.54, 1.807) is 0 Å². The van der Waals surface area contributed by atoms with Crippen LogP contribution in [0.5, 0.6) is 11.5 Å². The van der Waals surface area contributed by atoms with Crippen molar-refractivity contribution in [1.29, 1.82) is 0 Å². The second-order valence-corrected chi connectivity index (χ2v) is 5.59. The number of hydrogen-bond acceptors (Lipinski definition) is 6. The van der Waals surface area contributed by atoms with E-state index in [4.69, 9.17) is 13.9 Å². The van der Waals surface area contributed by atoms with Crippen molar-refractivity contribution in [2.75, 3.05) is 13.3 Å². The zero-order valence-electron chi connectivity index (χ0n) is 12.5. The van der Waals surface area contributed by atoms with E-state index in [0.29, 0.717) is 23.9 Å². The average Bonchev–Trinajstić information content (AvgIpc) is 3.32. The van der Waals surface area contributed by atoms with Gasteiger partial charge in [-0.1, -0.05) is 6.07 Å². The third kappa shape index (κ3) is 2.87. The molecule has 0 aliphatic carbocycles.